The quantitative estimate of drug-likeness (QED) is 0.696. The van der Waals surface area contributed by atoms with E-state index in [9.17, 15) is 22.4 Å². The molecule has 1 aromatic heterocycles. The molecule has 0 aliphatic carbocycles. The summed E-state index contributed by atoms with van der Waals surface area (Å²) in [5, 5.41) is 0.266. The van der Waals surface area contributed by atoms with Gasteiger partial charge in [-0.1, -0.05) is 12.1 Å². The zero-order chi connectivity index (χ0) is 15.9. The molecule has 1 heterocycles. The van der Waals surface area contributed by atoms with E-state index < -0.39 is 23.1 Å². The van der Waals surface area contributed by atoms with E-state index >= 15 is 0 Å². The minimum absolute atomic E-state index is 0.254. The van der Waals surface area contributed by atoms with Crippen LogP contribution in [0.5, 0.6) is 0 Å². The molecule has 2 aromatic carbocycles. The van der Waals surface area contributed by atoms with Crippen molar-refractivity contribution in [2.75, 3.05) is 0 Å². The molecule has 0 radical (unpaired) electrons. The lowest BCUT2D eigenvalue weighted by Gasteiger charge is -2.12. The first-order chi connectivity index (χ1) is 10.4. The van der Waals surface area contributed by atoms with E-state index in [-0.39, 0.29) is 22.3 Å². The van der Waals surface area contributed by atoms with Crippen LogP contribution in [0.4, 0.5) is 17.6 Å². The molecule has 0 amide bonds. The van der Waals surface area contributed by atoms with E-state index in [0.717, 1.165) is 12.1 Å². The fraction of sp³-hybridized carbons (Fsp3) is 0.0667. The first kappa shape index (κ1) is 14.2. The summed E-state index contributed by atoms with van der Waals surface area (Å²) in [7, 11) is 0. The fourth-order valence-electron chi connectivity index (χ4n) is 2.17. The Hall–Kier alpha value is -2.70. The van der Waals surface area contributed by atoms with Gasteiger partial charge in [0.25, 0.3) is 5.56 Å². The van der Waals surface area contributed by atoms with Crippen molar-refractivity contribution in [3.63, 3.8) is 0 Å². The second-order valence-corrected chi connectivity index (χ2v) is 4.62. The summed E-state index contributed by atoms with van der Waals surface area (Å²) in [5.41, 5.74) is -1.86. The van der Waals surface area contributed by atoms with Crippen molar-refractivity contribution in [3.8, 4) is 11.4 Å². The maximum atomic E-state index is 13.1. The molecule has 3 rings (SSSR count). The number of benzene rings is 2. The highest BCUT2D eigenvalue weighted by molar-refractivity contribution is 5.79. The van der Waals surface area contributed by atoms with Crippen LogP contribution >= 0.6 is 0 Å². The second kappa shape index (κ2) is 4.94. The lowest BCUT2D eigenvalue weighted by Crippen LogP contribution is -2.13. The lowest BCUT2D eigenvalue weighted by molar-refractivity contribution is -0.137. The van der Waals surface area contributed by atoms with Gasteiger partial charge < -0.3 is 4.98 Å². The fourth-order valence-corrected chi connectivity index (χ4v) is 2.17. The zero-order valence-corrected chi connectivity index (χ0v) is 10.9. The Bertz CT molecular complexity index is 915. The number of para-hydroxylation sites is 1. The Morgan fingerprint density at radius 1 is 1.05 bits per heavy atom. The van der Waals surface area contributed by atoms with Crippen LogP contribution in [0.15, 0.2) is 47.3 Å². The zero-order valence-electron chi connectivity index (χ0n) is 10.9. The Morgan fingerprint density at radius 2 is 1.77 bits per heavy atom. The number of aromatic amines is 1. The van der Waals surface area contributed by atoms with E-state index in [1.807, 2.05) is 0 Å². The highest BCUT2D eigenvalue weighted by Crippen LogP contribution is 2.36. The van der Waals surface area contributed by atoms with Gasteiger partial charge in [-0.2, -0.15) is 13.2 Å². The summed E-state index contributed by atoms with van der Waals surface area (Å²) >= 11 is 0. The number of alkyl halides is 3. The number of aromatic nitrogens is 2. The molecule has 3 nitrogen and oxygen atoms in total. The Labute approximate surface area is 121 Å². The van der Waals surface area contributed by atoms with Crippen LogP contribution in [-0.4, -0.2) is 9.97 Å². The molecular formula is C15H8F4N2O. The van der Waals surface area contributed by atoms with Crippen LogP contribution in [0.1, 0.15) is 5.56 Å². The molecule has 22 heavy (non-hydrogen) atoms. The average molecular weight is 308 g/mol. The van der Waals surface area contributed by atoms with Gasteiger partial charge in [-0.15, -0.1) is 0 Å². The van der Waals surface area contributed by atoms with Crippen LogP contribution < -0.4 is 5.56 Å². The standard InChI is InChI=1S/C15H8F4N2O/c16-8-5-6-9(11(7-8)15(17,18)19)13-20-12-4-2-1-3-10(12)14(22)21-13/h1-7H,(H,20,21,22). The molecule has 0 aliphatic heterocycles. The SMILES string of the molecule is O=c1[nH]c(-c2ccc(F)cc2C(F)(F)F)nc2ccccc12. The molecule has 0 atom stereocenters. The van der Waals surface area contributed by atoms with Crippen molar-refractivity contribution >= 4 is 10.9 Å². The first-order valence-corrected chi connectivity index (χ1v) is 6.22. The van der Waals surface area contributed by atoms with E-state index in [2.05, 4.69) is 9.97 Å². The number of hydrogen-bond donors (Lipinski definition) is 1. The maximum absolute atomic E-state index is 13.1. The van der Waals surface area contributed by atoms with Gasteiger partial charge in [0.1, 0.15) is 11.6 Å². The summed E-state index contributed by atoms with van der Waals surface area (Å²) in [4.78, 5) is 18.3. The highest BCUT2D eigenvalue weighted by atomic mass is 19.4. The Morgan fingerprint density at radius 3 is 2.50 bits per heavy atom. The number of H-pyrrole nitrogens is 1. The van der Waals surface area contributed by atoms with Crippen molar-refractivity contribution in [2.45, 2.75) is 6.18 Å². The molecule has 0 spiro atoms. The number of fused-ring (bicyclic) bond motifs is 1. The third-order valence-electron chi connectivity index (χ3n) is 3.15. The normalized spacial score (nSPS) is 11.8. The van der Waals surface area contributed by atoms with Gasteiger partial charge in [-0.25, -0.2) is 9.37 Å². The number of rotatable bonds is 1. The molecule has 3 aromatic rings. The van der Waals surface area contributed by atoms with E-state index in [1.165, 1.54) is 12.1 Å². The van der Waals surface area contributed by atoms with Crippen LogP contribution in [0, 0.1) is 5.82 Å². The van der Waals surface area contributed by atoms with Crippen molar-refractivity contribution in [3.05, 3.63) is 64.2 Å². The predicted molar refractivity (Wildman–Crippen MR) is 72.8 cm³/mol. The molecule has 112 valence electrons. The van der Waals surface area contributed by atoms with Crippen molar-refractivity contribution < 1.29 is 17.6 Å². The molecular weight excluding hydrogens is 300 g/mol. The number of nitrogens with zero attached hydrogens (tertiary/aromatic N) is 1. The summed E-state index contributed by atoms with van der Waals surface area (Å²) < 4.78 is 52.3. The number of hydrogen-bond acceptors (Lipinski definition) is 2. The van der Waals surface area contributed by atoms with E-state index in [0.29, 0.717) is 6.07 Å². The van der Waals surface area contributed by atoms with Gasteiger partial charge in [0.05, 0.1) is 16.5 Å². The van der Waals surface area contributed by atoms with Crippen molar-refractivity contribution in [1.29, 1.82) is 0 Å². The predicted octanol–water partition coefficient (Wildman–Crippen LogP) is 3.75. The van der Waals surface area contributed by atoms with Gasteiger partial charge in [0, 0.05) is 5.56 Å². The topological polar surface area (TPSA) is 45.8 Å². The second-order valence-electron chi connectivity index (χ2n) is 4.62. The highest BCUT2D eigenvalue weighted by Gasteiger charge is 2.34. The van der Waals surface area contributed by atoms with E-state index in [1.54, 1.807) is 12.1 Å². The van der Waals surface area contributed by atoms with Gasteiger partial charge in [0.15, 0.2) is 0 Å². The minimum Gasteiger partial charge on any atom is -0.306 e. The van der Waals surface area contributed by atoms with Crippen molar-refractivity contribution in [2.24, 2.45) is 0 Å². The van der Waals surface area contributed by atoms with Gasteiger partial charge in [0.2, 0.25) is 0 Å². The molecule has 0 saturated carbocycles. The summed E-state index contributed by atoms with van der Waals surface area (Å²) in [6.07, 6.45) is -4.76. The van der Waals surface area contributed by atoms with Crippen LogP contribution in [-0.2, 0) is 6.18 Å². The number of nitrogens with one attached hydrogen (secondary N) is 1. The summed E-state index contributed by atoms with van der Waals surface area (Å²) in [6, 6.07) is 8.49. The van der Waals surface area contributed by atoms with Crippen LogP contribution in [0.25, 0.3) is 22.3 Å². The molecule has 0 fully saturated rings. The van der Waals surface area contributed by atoms with Gasteiger partial charge in [-0.3, -0.25) is 4.79 Å². The minimum atomic E-state index is -4.76. The van der Waals surface area contributed by atoms with Crippen LogP contribution in [0.2, 0.25) is 0 Å². The maximum Gasteiger partial charge on any atom is 0.417 e. The molecule has 0 aliphatic rings. The molecule has 1 N–H and O–H groups in total. The largest absolute Gasteiger partial charge is 0.417 e. The third kappa shape index (κ3) is 2.45. The Kier molecular flexibility index (Phi) is 3.20. The lowest BCUT2D eigenvalue weighted by atomic mass is 10.1. The van der Waals surface area contributed by atoms with Crippen molar-refractivity contribution in [1.82, 2.24) is 9.97 Å². The van der Waals surface area contributed by atoms with Crippen LogP contribution in [0.3, 0.4) is 0 Å². The van der Waals surface area contributed by atoms with Gasteiger partial charge >= 0.3 is 6.18 Å². The number of halogens is 4. The van der Waals surface area contributed by atoms with E-state index in [4.69, 9.17) is 0 Å². The summed E-state index contributed by atoms with van der Waals surface area (Å²) in [6.45, 7) is 0. The molecule has 7 heteroatoms. The smallest absolute Gasteiger partial charge is 0.306 e. The monoisotopic (exact) mass is 308 g/mol. The first-order valence-electron chi connectivity index (χ1n) is 6.22. The summed E-state index contributed by atoms with van der Waals surface area (Å²) in [5.74, 6) is -1.27. The van der Waals surface area contributed by atoms with Gasteiger partial charge in [-0.05, 0) is 30.3 Å². The molecule has 0 saturated heterocycles. The molecule has 0 unspecified atom stereocenters. The third-order valence-corrected chi connectivity index (χ3v) is 3.15. The molecule has 0 bridgehead atoms. The Balaban J connectivity index is 2.31. The average Bonchev–Trinajstić information content (AvgIpc) is 2.46.